The number of hydrogen-bond acceptors (Lipinski definition) is 3. The van der Waals surface area contributed by atoms with E-state index in [-0.39, 0.29) is 5.41 Å². The highest BCUT2D eigenvalue weighted by Crippen LogP contribution is 2.53. The standard InChI is InChI=1S/C57H38N2O/c1-57(2)49-20-11-19-46(55(49)48-32-38-14-6-7-15-39(38)33-50(48)57)52-34-51(58-56(59-52)35-12-4-3-5-13-35)44-25-24-41-29-40(22-23-42(41)30-44)36-16-10-17-37(28-36)43-26-27-54-47(31-43)45-18-8-9-21-53(45)60-54/h3-34H,1-2H3. The lowest BCUT2D eigenvalue weighted by molar-refractivity contribution is 0.661. The van der Waals surface area contributed by atoms with Crippen LogP contribution in [0, 0.1) is 0 Å². The Labute approximate surface area is 348 Å². The van der Waals surface area contributed by atoms with E-state index in [9.17, 15) is 0 Å². The Morgan fingerprint density at radius 1 is 0.367 bits per heavy atom. The van der Waals surface area contributed by atoms with Gasteiger partial charge >= 0.3 is 0 Å². The van der Waals surface area contributed by atoms with Crippen LogP contribution in [0.4, 0.5) is 0 Å². The predicted octanol–water partition coefficient (Wildman–Crippen LogP) is 15.3. The number of nitrogens with zero attached hydrogens (tertiary/aromatic N) is 2. The monoisotopic (exact) mass is 766 g/mol. The molecule has 3 heteroatoms. The highest BCUT2D eigenvalue weighted by Gasteiger charge is 2.37. The molecule has 2 heterocycles. The van der Waals surface area contributed by atoms with Crippen LogP contribution >= 0.6 is 0 Å². The first-order valence-electron chi connectivity index (χ1n) is 20.6. The zero-order valence-electron chi connectivity index (χ0n) is 33.3. The Hall–Kier alpha value is -7.62. The molecule has 0 spiro atoms. The van der Waals surface area contributed by atoms with E-state index in [1.807, 2.05) is 18.2 Å². The third kappa shape index (κ3) is 5.51. The van der Waals surface area contributed by atoms with Crippen LogP contribution in [0.1, 0.15) is 25.0 Å². The number of furan rings is 1. The molecule has 1 aliphatic rings. The molecule has 0 bridgehead atoms. The molecule has 0 aliphatic heterocycles. The topological polar surface area (TPSA) is 38.9 Å². The van der Waals surface area contributed by atoms with Gasteiger partial charge in [0.05, 0.1) is 11.4 Å². The van der Waals surface area contributed by atoms with Crippen molar-refractivity contribution >= 4 is 43.5 Å². The fourth-order valence-electron chi connectivity index (χ4n) is 9.50. The molecular formula is C57H38N2O. The van der Waals surface area contributed by atoms with Crippen LogP contribution in [0.3, 0.4) is 0 Å². The van der Waals surface area contributed by atoms with Crippen LogP contribution in [0.15, 0.2) is 199 Å². The molecule has 0 unspecified atom stereocenters. The minimum absolute atomic E-state index is 0.148. The maximum Gasteiger partial charge on any atom is 0.160 e. The third-order valence-electron chi connectivity index (χ3n) is 12.6. The van der Waals surface area contributed by atoms with Crippen LogP contribution in [-0.4, -0.2) is 9.97 Å². The zero-order chi connectivity index (χ0) is 40.0. The fraction of sp³-hybridized carbons (Fsp3) is 0.0526. The van der Waals surface area contributed by atoms with E-state index in [0.717, 1.165) is 55.4 Å². The van der Waals surface area contributed by atoms with Crippen LogP contribution in [0.2, 0.25) is 0 Å². The first kappa shape index (κ1) is 34.4. The van der Waals surface area contributed by atoms with Gasteiger partial charge in [-0.25, -0.2) is 9.97 Å². The van der Waals surface area contributed by atoms with E-state index < -0.39 is 0 Å². The highest BCUT2D eigenvalue weighted by atomic mass is 16.3. The molecule has 0 atom stereocenters. The molecule has 3 nitrogen and oxygen atoms in total. The molecule has 282 valence electrons. The van der Waals surface area contributed by atoms with Crippen LogP contribution in [0.5, 0.6) is 0 Å². The second-order valence-corrected chi connectivity index (χ2v) is 16.6. The molecule has 60 heavy (non-hydrogen) atoms. The predicted molar refractivity (Wildman–Crippen MR) is 249 cm³/mol. The lowest BCUT2D eigenvalue weighted by atomic mass is 9.81. The Kier molecular flexibility index (Phi) is 7.58. The van der Waals surface area contributed by atoms with Crippen molar-refractivity contribution in [3.63, 3.8) is 0 Å². The summed E-state index contributed by atoms with van der Waals surface area (Å²) < 4.78 is 6.10. The van der Waals surface area contributed by atoms with E-state index in [2.05, 4.69) is 190 Å². The number of benzene rings is 9. The largest absolute Gasteiger partial charge is 0.456 e. The van der Waals surface area contributed by atoms with Gasteiger partial charge in [-0.1, -0.05) is 153 Å². The molecule has 9 aromatic carbocycles. The van der Waals surface area contributed by atoms with Gasteiger partial charge in [0, 0.05) is 32.9 Å². The van der Waals surface area contributed by atoms with Crippen molar-refractivity contribution in [3.05, 3.63) is 205 Å². The van der Waals surface area contributed by atoms with Crippen molar-refractivity contribution in [2.45, 2.75) is 19.3 Å². The van der Waals surface area contributed by atoms with Gasteiger partial charge in [-0.05, 0) is 121 Å². The number of rotatable bonds is 5. The average Bonchev–Trinajstić information content (AvgIpc) is 3.79. The number of hydrogen-bond donors (Lipinski definition) is 0. The zero-order valence-corrected chi connectivity index (χ0v) is 33.3. The summed E-state index contributed by atoms with van der Waals surface area (Å²) in [4.78, 5) is 10.5. The molecule has 0 N–H and O–H groups in total. The highest BCUT2D eigenvalue weighted by molar-refractivity contribution is 6.06. The second-order valence-electron chi connectivity index (χ2n) is 16.6. The van der Waals surface area contributed by atoms with Gasteiger partial charge in [0.1, 0.15) is 11.2 Å². The van der Waals surface area contributed by atoms with Gasteiger partial charge in [-0.3, -0.25) is 0 Å². The summed E-state index contributed by atoms with van der Waals surface area (Å²) in [5, 5.41) is 7.13. The summed E-state index contributed by atoms with van der Waals surface area (Å²) in [7, 11) is 0. The van der Waals surface area contributed by atoms with Crippen LogP contribution < -0.4 is 0 Å². The smallest absolute Gasteiger partial charge is 0.160 e. The summed E-state index contributed by atoms with van der Waals surface area (Å²) in [5.74, 6) is 0.715. The molecule has 1 aliphatic carbocycles. The van der Waals surface area contributed by atoms with E-state index in [0.29, 0.717) is 5.82 Å². The van der Waals surface area contributed by atoms with Crippen molar-refractivity contribution < 1.29 is 4.42 Å². The van der Waals surface area contributed by atoms with Crippen LogP contribution in [0.25, 0.3) is 111 Å². The van der Waals surface area contributed by atoms with Gasteiger partial charge in [-0.2, -0.15) is 0 Å². The lowest BCUT2D eigenvalue weighted by Crippen LogP contribution is -2.14. The van der Waals surface area contributed by atoms with Gasteiger partial charge in [0.25, 0.3) is 0 Å². The molecule has 0 amide bonds. The van der Waals surface area contributed by atoms with Crippen molar-refractivity contribution in [2.75, 3.05) is 0 Å². The summed E-state index contributed by atoms with van der Waals surface area (Å²) in [6.07, 6.45) is 0. The summed E-state index contributed by atoms with van der Waals surface area (Å²) in [5.41, 5.74) is 16.6. The third-order valence-corrected chi connectivity index (χ3v) is 12.6. The van der Waals surface area contributed by atoms with Crippen molar-refractivity contribution in [2.24, 2.45) is 0 Å². The molecule has 0 saturated carbocycles. The van der Waals surface area contributed by atoms with Gasteiger partial charge in [0.15, 0.2) is 5.82 Å². The molecule has 0 fully saturated rings. The van der Waals surface area contributed by atoms with E-state index in [1.165, 1.54) is 60.7 Å². The summed E-state index contributed by atoms with van der Waals surface area (Å²) >= 11 is 0. The maximum atomic E-state index is 6.10. The Morgan fingerprint density at radius 2 is 0.967 bits per heavy atom. The first-order valence-corrected chi connectivity index (χ1v) is 20.6. The van der Waals surface area contributed by atoms with Crippen molar-refractivity contribution in [1.29, 1.82) is 0 Å². The number of fused-ring (bicyclic) bond motifs is 8. The fourth-order valence-corrected chi connectivity index (χ4v) is 9.50. The van der Waals surface area contributed by atoms with Crippen molar-refractivity contribution in [3.8, 4) is 67.3 Å². The maximum absolute atomic E-state index is 6.10. The molecular weight excluding hydrogens is 729 g/mol. The molecule has 0 saturated heterocycles. The minimum Gasteiger partial charge on any atom is -0.456 e. The molecule has 12 rings (SSSR count). The number of aromatic nitrogens is 2. The van der Waals surface area contributed by atoms with Gasteiger partial charge in [0.2, 0.25) is 0 Å². The van der Waals surface area contributed by atoms with Gasteiger partial charge < -0.3 is 4.42 Å². The minimum atomic E-state index is -0.148. The summed E-state index contributed by atoms with van der Waals surface area (Å²) in [6, 6.07) is 69.7. The van der Waals surface area contributed by atoms with E-state index >= 15 is 0 Å². The normalized spacial score (nSPS) is 13.0. The van der Waals surface area contributed by atoms with E-state index in [1.54, 1.807) is 0 Å². The lowest BCUT2D eigenvalue weighted by Gasteiger charge is -2.22. The Bertz CT molecular complexity index is 3520. The Morgan fingerprint density at radius 3 is 1.80 bits per heavy atom. The first-order chi connectivity index (χ1) is 29.4. The van der Waals surface area contributed by atoms with E-state index in [4.69, 9.17) is 14.4 Å². The summed E-state index contributed by atoms with van der Waals surface area (Å²) in [6.45, 7) is 4.69. The van der Waals surface area contributed by atoms with Gasteiger partial charge in [-0.15, -0.1) is 0 Å². The van der Waals surface area contributed by atoms with Crippen LogP contribution in [-0.2, 0) is 5.41 Å². The molecule has 11 aromatic rings. The van der Waals surface area contributed by atoms with Crippen molar-refractivity contribution in [1.82, 2.24) is 9.97 Å². The number of para-hydroxylation sites is 1. The SMILES string of the molecule is CC1(C)c2cc3ccccc3cc2-c2c(-c3cc(-c4ccc5cc(-c6cccc(-c7ccc8oc9ccccc9c8c7)c6)ccc5c4)nc(-c4ccccc4)n3)cccc21. The molecule has 0 radical (unpaired) electrons. The second kappa shape index (κ2) is 13.2. The Balaban J connectivity index is 0.943. The quantitative estimate of drug-likeness (QED) is 0.175. The molecule has 2 aromatic heterocycles. The average molecular weight is 767 g/mol.